The van der Waals surface area contributed by atoms with E-state index in [9.17, 15) is 14.7 Å². The zero-order valence-electron chi connectivity index (χ0n) is 21.2. The number of nitrogens with zero attached hydrogens (tertiary/aromatic N) is 1. The quantitative estimate of drug-likeness (QED) is 0.489. The van der Waals surface area contributed by atoms with Crippen molar-refractivity contribution in [3.05, 3.63) is 75.1 Å². The number of carbonyl (C=O) groups excluding carboxylic acids is 1. The van der Waals surface area contributed by atoms with Crippen molar-refractivity contribution in [3.8, 4) is 5.75 Å². The van der Waals surface area contributed by atoms with Gasteiger partial charge >= 0.3 is 5.63 Å². The Morgan fingerprint density at radius 3 is 2.72 bits per heavy atom. The summed E-state index contributed by atoms with van der Waals surface area (Å²) in [7, 11) is 0. The maximum Gasteiger partial charge on any atom is 0.339 e. The fourth-order valence-corrected chi connectivity index (χ4v) is 5.94. The van der Waals surface area contributed by atoms with Gasteiger partial charge in [0.2, 0.25) is 5.91 Å². The van der Waals surface area contributed by atoms with Gasteiger partial charge in [-0.1, -0.05) is 43.2 Å². The van der Waals surface area contributed by atoms with Crippen molar-refractivity contribution in [2.75, 3.05) is 13.1 Å². The van der Waals surface area contributed by atoms with Gasteiger partial charge in [0, 0.05) is 41.9 Å². The summed E-state index contributed by atoms with van der Waals surface area (Å²) >= 11 is 0. The number of fused-ring (bicyclic) bond motifs is 2. The molecule has 1 aliphatic carbocycles. The molecule has 0 spiro atoms. The smallest absolute Gasteiger partial charge is 0.339 e. The maximum atomic E-state index is 13.0. The predicted molar refractivity (Wildman–Crippen MR) is 139 cm³/mol. The first-order valence-electron chi connectivity index (χ1n) is 13.1. The van der Waals surface area contributed by atoms with Crippen LogP contribution in [0.4, 0.5) is 0 Å². The van der Waals surface area contributed by atoms with Crippen LogP contribution in [-0.4, -0.2) is 34.6 Å². The van der Waals surface area contributed by atoms with Crippen LogP contribution < -0.4 is 10.4 Å². The Hall–Kier alpha value is -3.12. The molecule has 1 aliphatic heterocycles. The molecule has 2 atom stereocenters. The lowest BCUT2D eigenvalue weighted by molar-refractivity contribution is -0.143. The summed E-state index contributed by atoms with van der Waals surface area (Å²) in [5.41, 5.74) is 2.80. The average molecular weight is 490 g/mol. The van der Waals surface area contributed by atoms with Gasteiger partial charge in [0.05, 0.1) is 5.60 Å². The van der Waals surface area contributed by atoms with E-state index < -0.39 is 11.2 Å². The number of amides is 1. The van der Waals surface area contributed by atoms with Crippen LogP contribution in [0.15, 0.2) is 51.7 Å². The zero-order chi connectivity index (χ0) is 25.3. The molecule has 36 heavy (non-hydrogen) atoms. The monoisotopic (exact) mass is 489 g/mol. The number of carbonyl (C=O) groups is 1. The molecule has 2 heterocycles. The van der Waals surface area contributed by atoms with Crippen LogP contribution in [0.3, 0.4) is 0 Å². The van der Waals surface area contributed by atoms with Gasteiger partial charge < -0.3 is 19.2 Å². The molecule has 3 aromatic rings. The SMILES string of the molecule is Cc1c(CCC(=O)N2CC[C@]3(O)CCCC[C@H]3C2)c(=O)oc2c(C)c(OCc3ccccc3)ccc12. The first-order valence-corrected chi connectivity index (χ1v) is 13.1. The van der Waals surface area contributed by atoms with Crippen molar-refractivity contribution in [3.63, 3.8) is 0 Å². The average Bonchev–Trinajstić information content (AvgIpc) is 2.88. The third kappa shape index (κ3) is 4.79. The largest absolute Gasteiger partial charge is 0.488 e. The number of aryl methyl sites for hydroxylation is 2. The molecular formula is C30H35NO5. The van der Waals surface area contributed by atoms with Gasteiger partial charge in [-0.2, -0.15) is 0 Å². The summed E-state index contributed by atoms with van der Waals surface area (Å²) < 4.78 is 11.8. The molecule has 190 valence electrons. The Morgan fingerprint density at radius 1 is 1.11 bits per heavy atom. The number of ether oxygens (including phenoxy) is 1. The highest BCUT2D eigenvalue weighted by Crippen LogP contribution is 2.40. The Morgan fingerprint density at radius 2 is 1.92 bits per heavy atom. The second-order valence-corrected chi connectivity index (χ2v) is 10.5. The van der Waals surface area contributed by atoms with E-state index in [2.05, 4.69) is 0 Å². The Labute approximate surface area is 211 Å². The van der Waals surface area contributed by atoms with Crippen LogP contribution in [0.5, 0.6) is 5.75 Å². The van der Waals surface area contributed by atoms with Gasteiger partial charge in [-0.3, -0.25) is 4.79 Å². The van der Waals surface area contributed by atoms with E-state index in [0.29, 0.717) is 49.4 Å². The molecule has 2 aromatic carbocycles. The van der Waals surface area contributed by atoms with E-state index in [4.69, 9.17) is 9.15 Å². The molecule has 5 rings (SSSR count). The number of aliphatic hydroxyl groups is 1. The fraction of sp³-hybridized carbons (Fsp3) is 0.467. The fourth-order valence-electron chi connectivity index (χ4n) is 5.94. The molecule has 1 N–H and O–H groups in total. The lowest BCUT2D eigenvalue weighted by Crippen LogP contribution is -2.54. The number of hydrogen-bond acceptors (Lipinski definition) is 5. The summed E-state index contributed by atoms with van der Waals surface area (Å²) in [5.74, 6) is 0.893. The molecule has 6 heteroatoms. The molecular weight excluding hydrogens is 454 g/mol. The first kappa shape index (κ1) is 24.6. The molecule has 1 saturated carbocycles. The molecule has 6 nitrogen and oxygen atoms in total. The topological polar surface area (TPSA) is 80.0 Å². The number of hydrogen-bond donors (Lipinski definition) is 1. The van der Waals surface area contributed by atoms with Crippen LogP contribution in [0.2, 0.25) is 0 Å². The molecule has 1 saturated heterocycles. The van der Waals surface area contributed by atoms with Gasteiger partial charge in [0.25, 0.3) is 0 Å². The molecule has 1 aromatic heterocycles. The Kier molecular flexibility index (Phi) is 6.89. The normalized spacial score (nSPS) is 21.9. The van der Waals surface area contributed by atoms with Gasteiger partial charge in [-0.25, -0.2) is 4.79 Å². The first-order chi connectivity index (χ1) is 17.4. The summed E-state index contributed by atoms with van der Waals surface area (Å²) in [6, 6.07) is 13.8. The van der Waals surface area contributed by atoms with E-state index in [1.807, 2.05) is 61.2 Å². The van der Waals surface area contributed by atoms with Crippen molar-refractivity contribution < 1.29 is 19.1 Å². The number of piperidine rings is 1. The molecule has 2 aliphatic rings. The van der Waals surface area contributed by atoms with Crippen molar-refractivity contribution in [1.82, 2.24) is 4.90 Å². The highest BCUT2D eigenvalue weighted by Gasteiger charge is 2.43. The lowest BCUT2D eigenvalue weighted by Gasteiger charge is -2.47. The van der Waals surface area contributed by atoms with Crippen LogP contribution in [0.1, 0.15) is 60.8 Å². The summed E-state index contributed by atoms with van der Waals surface area (Å²) in [6.45, 7) is 5.46. The van der Waals surface area contributed by atoms with Crippen molar-refractivity contribution >= 4 is 16.9 Å². The van der Waals surface area contributed by atoms with Crippen LogP contribution in [-0.2, 0) is 17.8 Å². The van der Waals surface area contributed by atoms with Gasteiger partial charge in [-0.15, -0.1) is 0 Å². The maximum absolute atomic E-state index is 13.0. The number of benzene rings is 2. The van der Waals surface area contributed by atoms with Gasteiger partial charge in [0.15, 0.2) is 0 Å². The minimum absolute atomic E-state index is 0.0439. The standard InChI is InChI=1S/C30H35NO5/c1-20-24-11-13-26(35-19-22-8-4-3-5-9-22)21(2)28(24)36-29(33)25(20)12-14-27(32)31-17-16-30(34)15-7-6-10-23(30)18-31/h3-5,8-9,11,13,23,34H,6-7,10,12,14-19H2,1-2H3/t23-,30+/m0/s1. The third-order valence-electron chi connectivity index (χ3n) is 8.26. The second kappa shape index (κ2) is 10.1. The molecule has 0 unspecified atom stereocenters. The highest BCUT2D eigenvalue weighted by molar-refractivity contribution is 5.86. The second-order valence-electron chi connectivity index (χ2n) is 10.5. The van der Waals surface area contributed by atoms with E-state index >= 15 is 0 Å². The molecule has 2 fully saturated rings. The van der Waals surface area contributed by atoms with Crippen LogP contribution in [0.25, 0.3) is 11.0 Å². The lowest BCUT2D eigenvalue weighted by atomic mass is 9.71. The molecule has 0 bridgehead atoms. The Balaban J connectivity index is 1.29. The predicted octanol–water partition coefficient (Wildman–Crippen LogP) is 5.08. The number of likely N-dealkylation sites (tertiary alicyclic amines) is 1. The van der Waals surface area contributed by atoms with Crippen molar-refractivity contribution in [2.24, 2.45) is 5.92 Å². The van der Waals surface area contributed by atoms with Gasteiger partial charge in [-0.05, 0) is 62.8 Å². The molecule has 0 radical (unpaired) electrons. The van der Waals surface area contributed by atoms with Crippen molar-refractivity contribution in [1.29, 1.82) is 0 Å². The van der Waals surface area contributed by atoms with Gasteiger partial charge in [0.1, 0.15) is 17.9 Å². The number of rotatable bonds is 6. The van der Waals surface area contributed by atoms with E-state index in [1.165, 1.54) is 0 Å². The minimum Gasteiger partial charge on any atom is -0.488 e. The summed E-state index contributed by atoms with van der Waals surface area (Å²) in [6.07, 6.45) is 5.26. The highest BCUT2D eigenvalue weighted by atomic mass is 16.5. The van der Waals surface area contributed by atoms with Crippen molar-refractivity contribution in [2.45, 2.75) is 71.0 Å². The molecule has 1 amide bonds. The van der Waals surface area contributed by atoms with E-state index in [1.54, 1.807) is 0 Å². The zero-order valence-corrected chi connectivity index (χ0v) is 21.2. The van der Waals surface area contributed by atoms with E-state index in [0.717, 1.165) is 47.8 Å². The Bertz CT molecular complexity index is 1310. The third-order valence-corrected chi connectivity index (χ3v) is 8.26. The summed E-state index contributed by atoms with van der Waals surface area (Å²) in [4.78, 5) is 27.8. The van der Waals surface area contributed by atoms with E-state index in [-0.39, 0.29) is 18.2 Å². The van der Waals surface area contributed by atoms with Crippen LogP contribution in [0, 0.1) is 19.8 Å². The van der Waals surface area contributed by atoms with Crippen LogP contribution >= 0.6 is 0 Å². The summed E-state index contributed by atoms with van der Waals surface area (Å²) in [5, 5.41) is 11.8. The minimum atomic E-state index is -0.605.